The molecule has 0 atom stereocenters. The molecule has 6 heteroatoms. The van der Waals surface area contributed by atoms with Gasteiger partial charge in [0.05, 0.1) is 33.6 Å². The summed E-state index contributed by atoms with van der Waals surface area (Å²) in [6, 6.07) is 41.2. The van der Waals surface area contributed by atoms with Crippen LogP contribution in [0.5, 0.6) is 0 Å². The molecule has 45 heavy (non-hydrogen) atoms. The van der Waals surface area contributed by atoms with Gasteiger partial charge in [0.15, 0.2) is 17.5 Å². The molecule has 0 spiro atoms. The zero-order chi connectivity index (χ0) is 30.5. The Morgan fingerprint density at radius 1 is 0.378 bits per heavy atom. The van der Waals surface area contributed by atoms with Gasteiger partial charge in [-0.05, 0) is 47.5 Å². The van der Waals surface area contributed by atoms with E-state index >= 15 is 0 Å². The van der Waals surface area contributed by atoms with Gasteiger partial charge >= 0.3 is 0 Å². The summed E-state index contributed by atoms with van der Waals surface area (Å²) in [6.07, 6.45) is 0. The van der Waals surface area contributed by atoms with Gasteiger partial charge in [-0.2, -0.15) is 0 Å². The van der Waals surface area contributed by atoms with Crippen LogP contribution in [-0.2, 0) is 0 Å². The van der Waals surface area contributed by atoms with Gasteiger partial charge in [0, 0.05) is 32.8 Å². The van der Waals surface area contributed by atoms with E-state index in [2.05, 4.69) is 0 Å². The van der Waals surface area contributed by atoms with Crippen molar-refractivity contribution in [2.75, 3.05) is 0 Å². The van der Waals surface area contributed by atoms with E-state index in [-0.39, 0.29) is 5.56 Å². The first-order chi connectivity index (χ1) is 22.0. The zero-order valence-corrected chi connectivity index (χ0v) is 23.7. The van der Waals surface area contributed by atoms with Crippen molar-refractivity contribution in [3.05, 3.63) is 151 Å². The second-order valence-electron chi connectivity index (χ2n) is 10.8. The fourth-order valence-electron chi connectivity index (χ4n) is 5.94. The van der Waals surface area contributed by atoms with Gasteiger partial charge in [0.25, 0.3) is 0 Å². The monoisotopic (exact) mass is 589 g/mol. The highest BCUT2D eigenvalue weighted by molar-refractivity contribution is 6.21. The van der Waals surface area contributed by atoms with Gasteiger partial charge in [-0.1, -0.05) is 97.1 Å². The topological polar surface area (TPSA) is 38.7 Å². The van der Waals surface area contributed by atoms with Crippen LogP contribution >= 0.6 is 0 Å². The highest BCUT2D eigenvalue weighted by atomic mass is 19.2. The molecule has 0 fully saturated rings. The van der Waals surface area contributed by atoms with E-state index in [0.717, 1.165) is 72.9 Å². The third-order valence-electron chi connectivity index (χ3n) is 8.05. The van der Waals surface area contributed by atoms with Gasteiger partial charge in [0.1, 0.15) is 0 Å². The molecule has 0 aliphatic heterocycles. The lowest BCUT2D eigenvalue weighted by molar-refractivity contribution is 0.448. The van der Waals surface area contributed by atoms with Crippen molar-refractivity contribution in [3.63, 3.8) is 0 Å². The molecule has 0 amide bonds. The molecule has 0 bridgehead atoms. The van der Waals surface area contributed by atoms with E-state index < -0.39 is 17.5 Å². The number of halogens is 3. The summed E-state index contributed by atoms with van der Waals surface area (Å²) < 4.78 is 42.0. The lowest BCUT2D eigenvalue weighted by Gasteiger charge is -2.15. The van der Waals surface area contributed by atoms with Crippen molar-refractivity contribution >= 4 is 32.7 Å². The number of hydrogen-bond acceptors (Lipinski definition) is 3. The molecule has 0 saturated heterocycles. The van der Waals surface area contributed by atoms with Crippen LogP contribution in [0.3, 0.4) is 0 Å². The number of fused-ring (bicyclic) bond motifs is 5. The minimum Gasteiger partial charge on any atom is -0.247 e. The first-order valence-electron chi connectivity index (χ1n) is 14.4. The highest BCUT2D eigenvalue weighted by Gasteiger charge is 2.19. The number of nitrogens with zero attached hydrogens (tertiary/aromatic N) is 3. The van der Waals surface area contributed by atoms with Crippen molar-refractivity contribution in [1.82, 2.24) is 15.0 Å². The molecule has 8 aromatic rings. The summed E-state index contributed by atoms with van der Waals surface area (Å²) >= 11 is 0. The molecule has 2 heterocycles. The Morgan fingerprint density at radius 2 is 0.956 bits per heavy atom. The number of pyridine rings is 1. The third kappa shape index (κ3) is 4.59. The molecule has 0 N–H and O–H groups in total. The van der Waals surface area contributed by atoms with Gasteiger partial charge in [0.2, 0.25) is 0 Å². The minimum absolute atomic E-state index is 0.232. The van der Waals surface area contributed by atoms with Gasteiger partial charge < -0.3 is 0 Å². The van der Waals surface area contributed by atoms with Crippen molar-refractivity contribution in [2.45, 2.75) is 0 Å². The molecule has 6 aromatic carbocycles. The largest absolute Gasteiger partial charge is 0.247 e. The lowest BCUT2D eigenvalue weighted by atomic mass is 9.95. The van der Waals surface area contributed by atoms with Gasteiger partial charge in [-0.15, -0.1) is 0 Å². The van der Waals surface area contributed by atoms with Crippen LogP contribution in [0.25, 0.3) is 77.6 Å². The normalized spacial score (nSPS) is 11.4. The summed E-state index contributed by atoms with van der Waals surface area (Å²) in [6.45, 7) is 0. The molecule has 3 nitrogen and oxygen atoms in total. The quantitative estimate of drug-likeness (QED) is 0.151. The molecule has 0 aliphatic rings. The van der Waals surface area contributed by atoms with Crippen LogP contribution < -0.4 is 0 Å². The average molecular weight is 590 g/mol. The number of aromatic nitrogens is 3. The standard InChI is InChI=1S/C39H22F3N3/c40-30-21-27(22-31(41)35(30)42)25-14-9-15-26(20-25)36-29-18-19-33-39(34(29)28-16-7-8-17-32(28)43-36)45-38(24-12-5-2-6-13-24)37(44-33)23-10-3-1-4-11-23/h1-22H. The molecule has 0 saturated carbocycles. The molecule has 0 unspecified atom stereocenters. The first kappa shape index (κ1) is 26.7. The minimum atomic E-state index is -1.49. The number of para-hydroxylation sites is 1. The van der Waals surface area contributed by atoms with Crippen LogP contribution in [0.4, 0.5) is 13.2 Å². The van der Waals surface area contributed by atoms with E-state index in [1.54, 1.807) is 12.1 Å². The Balaban J connectivity index is 1.43. The predicted molar refractivity (Wildman–Crippen MR) is 174 cm³/mol. The number of rotatable bonds is 4. The van der Waals surface area contributed by atoms with Crippen LogP contribution in [-0.4, -0.2) is 15.0 Å². The summed E-state index contributed by atoms with van der Waals surface area (Å²) in [5, 5.41) is 2.69. The Bertz CT molecular complexity index is 2390. The van der Waals surface area contributed by atoms with E-state index in [9.17, 15) is 13.2 Å². The van der Waals surface area contributed by atoms with Gasteiger partial charge in [-0.3, -0.25) is 0 Å². The zero-order valence-electron chi connectivity index (χ0n) is 23.7. The second kappa shape index (κ2) is 10.7. The fourth-order valence-corrected chi connectivity index (χ4v) is 5.94. The Hall–Kier alpha value is -5.88. The van der Waals surface area contributed by atoms with Crippen molar-refractivity contribution in [3.8, 4) is 44.9 Å². The van der Waals surface area contributed by atoms with E-state index in [1.807, 2.05) is 109 Å². The fraction of sp³-hybridized carbons (Fsp3) is 0. The Labute approximate surface area is 256 Å². The van der Waals surface area contributed by atoms with Crippen LogP contribution in [0.1, 0.15) is 0 Å². The molecular formula is C39H22F3N3. The molecule has 0 aliphatic carbocycles. The molecule has 2 aromatic heterocycles. The van der Waals surface area contributed by atoms with Gasteiger partial charge in [-0.25, -0.2) is 28.1 Å². The first-order valence-corrected chi connectivity index (χ1v) is 14.4. The lowest BCUT2D eigenvalue weighted by Crippen LogP contribution is -1.98. The van der Waals surface area contributed by atoms with Crippen LogP contribution in [0.15, 0.2) is 133 Å². The summed E-state index contributed by atoms with van der Waals surface area (Å²) in [7, 11) is 0. The van der Waals surface area contributed by atoms with E-state index in [1.165, 1.54) is 0 Å². The summed E-state index contributed by atoms with van der Waals surface area (Å²) in [5.41, 5.74) is 7.93. The summed E-state index contributed by atoms with van der Waals surface area (Å²) in [5.74, 6) is -3.96. The maximum Gasteiger partial charge on any atom is 0.194 e. The maximum absolute atomic E-state index is 14.1. The second-order valence-corrected chi connectivity index (χ2v) is 10.8. The van der Waals surface area contributed by atoms with Crippen molar-refractivity contribution < 1.29 is 13.2 Å². The molecule has 8 rings (SSSR count). The van der Waals surface area contributed by atoms with E-state index in [4.69, 9.17) is 15.0 Å². The average Bonchev–Trinajstić information content (AvgIpc) is 3.10. The predicted octanol–water partition coefficient (Wildman–Crippen LogP) is 10.4. The number of benzene rings is 6. The molecule has 0 radical (unpaired) electrons. The highest BCUT2D eigenvalue weighted by Crippen LogP contribution is 2.39. The van der Waals surface area contributed by atoms with E-state index in [0.29, 0.717) is 11.3 Å². The van der Waals surface area contributed by atoms with Crippen molar-refractivity contribution in [1.29, 1.82) is 0 Å². The summed E-state index contributed by atoms with van der Waals surface area (Å²) in [4.78, 5) is 15.5. The van der Waals surface area contributed by atoms with Crippen LogP contribution in [0, 0.1) is 17.5 Å². The smallest absolute Gasteiger partial charge is 0.194 e. The molecule has 214 valence electrons. The Morgan fingerprint density at radius 3 is 1.67 bits per heavy atom. The SMILES string of the molecule is Fc1cc(-c2cccc(-c3nc4ccccc4c4c3ccc3nc(-c5ccccc5)c(-c5ccccc5)nc34)c2)cc(F)c1F. The van der Waals surface area contributed by atoms with Crippen molar-refractivity contribution in [2.24, 2.45) is 0 Å². The molecular weight excluding hydrogens is 567 g/mol. The maximum atomic E-state index is 14.1. The third-order valence-corrected chi connectivity index (χ3v) is 8.05. The Kier molecular flexibility index (Phi) is 6.34. The number of hydrogen-bond donors (Lipinski definition) is 0. The van der Waals surface area contributed by atoms with Crippen LogP contribution in [0.2, 0.25) is 0 Å².